The van der Waals surface area contributed by atoms with Crippen molar-refractivity contribution in [3.63, 3.8) is 0 Å². The number of thiazole rings is 1. The molecule has 1 aliphatic carbocycles. The average Bonchev–Trinajstić information content (AvgIpc) is 2.80. The van der Waals surface area contributed by atoms with Crippen LogP contribution in [0.4, 0.5) is 0 Å². The van der Waals surface area contributed by atoms with Crippen LogP contribution in [0, 0.1) is 11.3 Å². The molecule has 1 unspecified atom stereocenters. The Balaban J connectivity index is 1.91. The van der Waals surface area contributed by atoms with E-state index in [-0.39, 0.29) is 0 Å². The lowest BCUT2D eigenvalue weighted by Crippen LogP contribution is -2.26. The Morgan fingerprint density at radius 3 is 2.80 bits per heavy atom. The van der Waals surface area contributed by atoms with E-state index in [9.17, 15) is 5.11 Å². The molecule has 3 rings (SSSR count). The summed E-state index contributed by atoms with van der Waals surface area (Å²) in [5.41, 5.74) is 2.66. The minimum atomic E-state index is 0.309. The lowest BCUT2D eigenvalue weighted by Gasteiger charge is -2.33. The molecule has 0 saturated heterocycles. The summed E-state index contributed by atoms with van der Waals surface area (Å²) in [5.74, 6) is 1.05. The Morgan fingerprint density at radius 1 is 1.30 bits per heavy atom. The highest BCUT2D eigenvalue weighted by molar-refractivity contribution is 7.15. The smallest absolute Gasteiger partial charge is 0.124 e. The van der Waals surface area contributed by atoms with E-state index in [1.165, 1.54) is 17.0 Å². The van der Waals surface area contributed by atoms with Gasteiger partial charge in [-0.3, -0.25) is 0 Å². The Bertz CT molecular complexity index is 624. The standard InChI is InChI=1S/C17H21NOS/c1-17(2,3)12-7-8-14-15(10-12)20-16(18-14)11-5-4-6-13(19)9-11/h4-6,9,12,19H,7-8,10H2,1-3H3. The molecule has 0 saturated carbocycles. The van der Waals surface area contributed by atoms with Crippen molar-refractivity contribution >= 4 is 11.3 Å². The van der Waals surface area contributed by atoms with E-state index in [1.807, 2.05) is 12.1 Å². The third-order valence-corrected chi connectivity index (χ3v) is 5.43. The summed E-state index contributed by atoms with van der Waals surface area (Å²) in [7, 11) is 0. The van der Waals surface area contributed by atoms with Crippen molar-refractivity contribution < 1.29 is 5.11 Å². The predicted molar refractivity (Wildman–Crippen MR) is 84.2 cm³/mol. The van der Waals surface area contributed by atoms with Gasteiger partial charge in [-0.1, -0.05) is 32.9 Å². The molecule has 0 bridgehead atoms. The average molecular weight is 287 g/mol. The summed E-state index contributed by atoms with van der Waals surface area (Å²) in [6.07, 6.45) is 3.47. The van der Waals surface area contributed by atoms with Crippen molar-refractivity contribution in [1.29, 1.82) is 0 Å². The fraction of sp³-hybridized carbons (Fsp3) is 0.471. The summed E-state index contributed by atoms with van der Waals surface area (Å²) in [6.45, 7) is 7.00. The number of hydrogen-bond donors (Lipinski definition) is 1. The van der Waals surface area contributed by atoms with E-state index in [4.69, 9.17) is 4.98 Å². The Labute approximate surface area is 124 Å². The largest absolute Gasteiger partial charge is 0.508 e. The maximum absolute atomic E-state index is 9.60. The van der Waals surface area contributed by atoms with Gasteiger partial charge in [0, 0.05) is 10.4 Å². The second-order valence-electron chi connectivity index (χ2n) is 6.74. The van der Waals surface area contributed by atoms with Crippen molar-refractivity contribution in [3.05, 3.63) is 34.8 Å². The number of aryl methyl sites for hydroxylation is 1. The number of aromatic nitrogens is 1. The summed E-state index contributed by atoms with van der Waals surface area (Å²) >= 11 is 1.79. The molecule has 1 atom stereocenters. The predicted octanol–water partition coefficient (Wildman–Crippen LogP) is 4.67. The highest BCUT2D eigenvalue weighted by Gasteiger charge is 2.30. The van der Waals surface area contributed by atoms with Crippen LogP contribution < -0.4 is 0 Å². The van der Waals surface area contributed by atoms with Crippen LogP contribution in [0.15, 0.2) is 24.3 Å². The van der Waals surface area contributed by atoms with Crippen molar-refractivity contribution in [1.82, 2.24) is 4.98 Å². The quantitative estimate of drug-likeness (QED) is 0.827. The van der Waals surface area contributed by atoms with E-state index >= 15 is 0 Å². The Kier molecular flexibility index (Phi) is 3.33. The molecule has 1 aliphatic rings. The van der Waals surface area contributed by atoms with E-state index in [0.29, 0.717) is 11.2 Å². The molecule has 0 radical (unpaired) electrons. The molecule has 1 aromatic heterocycles. The normalized spacial score (nSPS) is 18.9. The first kappa shape index (κ1) is 13.6. The third kappa shape index (κ3) is 2.59. The molecule has 0 amide bonds. The maximum Gasteiger partial charge on any atom is 0.124 e. The molecule has 0 aliphatic heterocycles. The highest BCUT2D eigenvalue weighted by atomic mass is 32.1. The van der Waals surface area contributed by atoms with Crippen LogP contribution in [0.3, 0.4) is 0 Å². The molecule has 2 aromatic rings. The maximum atomic E-state index is 9.60. The number of rotatable bonds is 1. The van der Waals surface area contributed by atoms with Gasteiger partial charge in [-0.05, 0) is 42.7 Å². The molecule has 0 fully saturated rings. The SMILES string of the molecule is CC(C)(C)C1CCc2nc(-c3cccc(O)c3)sc2C1. The number of benzene rings is 1. The van der Waals surface area contributed by atoms with E-state index in [2.05, 4.69) is 20.8 Å². The van der Waals surface area contributed by atoms with Crippen molar-refractivity contribution in [2.24, 2.45) is 11.3 Å². The van der Waals surface area contributed by atoms with Crippen LogP contribution in [0.5, 0.6) is 5.75 Å². The van der Waals surface area contributed by atoms with Crippen LogP contribution in [0.2, 0.25) is 0 Å². The second kappa shape index (κ2) is 4.88. The van der Waals surface area contributed by atoms with Gasteiger partial charge in [-0.2, -0.15) is 0 Å². The van der Waals surface area contributed by atoms with Crippen LogP contribution >= 0.6 is 11.3 Å². The van der Waals surface area contributed by atoms with Gasteiger partial charge in [0.2, 0.25) is 0 Å². The molecule has 1 aromatic carbocycles. The molecule has 3 heteroatoms. The molecule has 2 nitrogen and oxygen atoms in total. The van der Waals surface area contributed by atoms with Gasteiger partial charge >= 0.3 is 0 Å². The Morgan fingerprint density at radius 2 is 2.10 bits per heavy atom. The van der Waals surface area contributed by atoms with Crippen molar-refractivity contribution in [3.8, 4) is 16.3 Å². The topological polar surface area (TPSA) is 33.1 Å². The molecule has 0 spiro atoms. The number of phenolic OH excluding ortho intramolecular Hbond substituents is 1. The molecule has 106 valence electrons. The summed E-state index contributed by atoms with van der Waals surface area (Å²) in [6, 6.07) is 7.40. The van der Waals surface area contributed by atoms with Crippen LogP contribution in [0.25, 0.3) is 10.6 Å². The first-order valence-electron chi connectivity index (χ1n) is 7.21. The van der Waals surface area contributed by atoms with Crippen LogP contribution in [-0.4, -0.2) is 10.1 Å². The minimum Gasteiger partial charge on any atom is -0.508 e. The van der Waals surface area contributed by atoms with Gasteiger partial charge < -0.3 is 5.11 Å². The molecular formula is C17H21NOS. The Hall–Kier alpha value is -1.35. The number of fused-ring (bicyclic) bond motifs is 1. The van der Waals surface area contributed by atoms with Crippen molar-refractivity contribution in [2.45, 2.75) is 40.0 Å². The fourth-order valence-corrected chi connectivity index (χ4v) is 4.06. The zero-order valence-electron chi connectivity index (χ0n) is 12.3. The van der Waals surface area contributed by atoms with Gasteiger partial charge in [-0.15, -0.1) is 11.3 Å². The van der Waals surface area contributed by atoms with Crippen LogP contribution in [0.1, 0.15) is 37.8 Å². The van der Waals surface area contributed by atoms with E-state index in [1.54, 1.807) is 23.5 Å². The number of aromatic hydroxyl groups is 1. The van der Waals surface area contributed by atoms with Gasteiger partial charge in [-0.25, -0.2) is 4.98 Å². The lowest BCUT2D eigenvalue weighted by atomic mass is 9.73. The molecule has 1 N–H and O–H groups in total. The zero-order chi connectivity index (χ0) is 14.3. The molecule has 1 heterocycles. The van der Waals surface area contributed by atoms with E-state index < -0.39 is 0 Å². The highest BCUT2D eigenvalue weighted by Crippen LogP contribution is 2.41. The molecule has 20 heavy (non-hydrogen) atoms. The summed E-state index contributed by atoms with van der Waals surface area (Å²) in [4.78, 5) is 6.23. The molecular weight excluding hydrogens is 266 g/mol. The first-order chi connectivity index (χ1) is 9.43. The summed E-state index contributed by atoms with van der Waals surface area (Å²) < 4.78 is 0. The van der Waals surface area contributed by atoms with Crippen molar-refractivity contribution in [2.75, 3.05) is 0 Å². The zero-order valence-corrected chi connectivity index (χ0v) is 13.1. The van der Waals surface area contributed by atoms with Gasteiger partial charge in [0.25, 0.3) is 0 Å². The van der Waals surface area contributed by atoms with Crippen LogP contribution in [-0.2, 0) is 12.8 Å². The first-order valence-corrected chi connectivity index (χ1v) is 8.03. The number of phenols is 1. The number of nitrogens with zero attached hydrogens (tertiary/aromatic N) is 1. The summed E-state index contributed by atoms with van der Waals surface area (Å²) in [5, 5.41) is 10.6. The minimum absolute atomic E-state index is 0.309. The fourth-order valence-electron chi connectivity index (χ4n) is 2.88. The third-order valence-electron chi connectivity index (χ3n) is 4.26. The second-order valence-corrected chi connectivity index (χ2v) is 7.83. The number of hydrogen-bond acceptors (Lipinski definition) is 3. The van der Waals surface area contributed by atoms with Gasteiger partial charge in [0.05, 0.1) is 5.69 Å². The van der Waals surface area contributed by atoms with E-state index in [0.717, 1.165) is 29.3 Å². The lowest BCUT2D eigenvalue weighted by molar-refractivity contribution is 0.217. The van der Waals surface area contributed by atoms with Gasteiger partial charge in [0.1, 0.15) is 10.8 Å². The van der Waals surface area contributed by atoms with Gasteiger partial charge in [0.15, 0.2) is 0 Å². The monoisotopic (exact) mass is 287 g/mol.